The molecule has 17 rings (SSSR count). The van der Waals surface area contributed by atoms with Gasteiger partial charge in [-0.15, -0.1) is 11.3 Å². The molecule has 0 atom stereocenters. The number of nitrogens with zero attached hydrogens (tertiary/aromatic N) is 1. The monoisotopic (exact) mass is 961 g/mol. The maximum absolute atomic E-state index is 7.46. The standard InChI is InChI=1S/C70H43NO2S/c1-69(2)54-23-9-3-16-43(54)47-34-31-41(37-58(47)69)71(60-27-15-22-51-50-20-8-14-29-64(50)74-68(51)60)42-32-35-49-53-39-63-66(52-21-7-13-28-61(52)72-63)65(67(53)73-62(49)38-42)40-30-33-48-46-19-6-12-26-57(46)70(59(48)36-40)55-24-10-4-17-44(55)45-18-5-11-25-56(45)70/h3-39H,1-2H3. The first kappa shape index (κ1) is 40.6. The average molecular weight is 962 g/mol. The number of anilines is 3. The molecule has 3 heterocycles. The summed E-state index contributed by atoms with van der Waals surface area (Å²) in [6.45, 7) is 4.72. The second kappa shape index (κ2) is 14.4. The van der Waals surface area contributed by atoms with Crippen LogP contribution in [0.1, 0.15) is 47.2 Å². The third-order valence-electron chi connectivity index (χ3n) is 17.1. The minimum absolute atomic E-state index is 0.165. The van der Waals surface area contributed by atoms with E-state index in [1.807, 2.05) is 11.3 Å². The van der Waals surface area contributed by atoms with Crippen molar-refractivity contribution in [2.75, 3.05) is 4.90 Å². The molecule has 3 nitrogen and oxygen atoms in total. The lowest BCUT2D eigenvalue weighted by atomic mass is 9.70. The number of benzene rings is 11. The van der Waals surface area contributed by atoms with Crippen LogP contribution < -0.4 is 4.90 Å². The largest absolute Gasteiger partial charge is 0.456 e. The molecule has 0 radical (unpaired) electrons. The Morgan fingerprint density at radius 2 is 0.959 bits per heavy atom. The summed E-state index contributed by atoms with van der Waals surface area (Å²) in [5.74, 6) is 0. The molecule has 3 aromatic heterocycles. The van der Waals surface area contributed by atoms with Crippen molar-refractivity contribution in [1.29, 1.82) is 0 Å². The highest BCUT2D eigenvalue weighted by atomic mass is 32.1. The van der Waals surface area contributed by atoms with Gasteiger partial charge in [-0.3, -0.25) is 0 Å². The van der Waals surface area contributed by atoms with Crippen LogP contribution in [0, 0.1) is 0 Å². The zero-order valence-electron chi connectivity index (χ0n) is 40.5. The quantitative estimate of drug-likeness (QED) is 0.176. The highest BCUT2D eigenvalue weighted by molar-refractivity contribution is 7.26. The van der Waals surface area contributed by atoms with Gasteiger partial charge >= 0.3 is 0 Å². The van der Waals surface area contributed by atoms with Crippen molar-refractivity contribution in [3.63, 3.8) is 0 Å². The summed E-state index contributed by atoms with van der Waals surface area (Å²) < 4.78 is 16.8. The molecule has 0 unspecified atom stereocenters. The van der Waals surface area contributed by atoms with Crippen LogP contribution in [0.3, 0.4) is 0 Å². The molecule has 0 saturated heterocycles. The number of para-hydroxylation sites is 1. The van der Waals surface area contributed by atoms with Gasteiger partial charge in [0.2, 0.25) is 0 Å². The first-order valence-corrected chi connectivity index (χ1v) is 26.5. The number of furan rings is 2. The Hall–Kier alpha value is -8.96. The summed E-state index contributed by atoms with van der Waals surface area (Å²) in [6, 6.07) is 83.2. The average Bonchev–Trinajstić information content (AvgIpc) is 4.30. The van der Waals surface area contributed by atoms with Crippen molar-refractivity contribution in [1.82, 2.24) is 0 Å². The molecule has 14 aromatic rings. The van der Waals surface area contributed by atoms with Gasteiger partial charge in [0.25, 0.3) is 0 Å². The summed E-state index contributed by atoms with van der Waals surface area (Å²) in [7, 11) is 0. The Balaban J connectivity index is 0.919. The molecule has 4 heteroatoms. The molecule has 0 bridgehead atoms. The third-order valence-corrected chi connectivity index (χ3v) is 18.3. The van der Waals surface area contributed by atoms with Crippen LogP contribution in [0.25, 0.3) is 109 Å². The van der Waals surface area contributed by atoms with E-state index in [2.05, 4.69) is 243 Å². The molecule has 0 N–H and O–H groups in total. The zero-order chi connectivity index (χ0) is 48.6. The fraction of sp³-hybridized carbons (Fsp3) is 0.0571. The van der Waals surface area contributed by atoms with E-state index in [0.29, 0.717) is 0 Å². The second-order valence-electron chi connectivity index (χ2n) is 21.0. The summed E-state index contributed by atoms with van der Waals surface area (Å²) >= 11 is 1.86. The normalized spacial score (nSPS) is 14.3. The van der Waals surface area contributed by atoms with Crippen LogP contribution in [0.4, 0.5) is 17.1 Å². The molecule has 3 aliphatic rings. The van der Waals surface area contributed by atoms with E-state index in [9.17, 15) is 0 Å². The van der Waals surface area contributed by atoms with Gasteiger partial charge in [0.15, 0.2) is 0 Å². The molecular formula is C70H43NO2S. The first-order valence-electron chi connectivity index (χ1n) is 25.6. The maximum atomic E-state index is 7.46. The van der Waals surface area contributed by atoms with Crippen molar-refractivity contribution >= 4 is 92.4 Å². The SMILES string of the molecule is CC1(C)c2ccccc2-c2ccc(N(c3ccc4c(c3)oc3c(-c5ccc6c(c5)C5(c7ccccc7-c7ccccc75)c5ccccc5-6)c5c(cc34)oc3ccccc35)c3cccc4c3sc3ccccc34)cc21. The summed E-state index contributed by atoms with van der Waals surface area (Å²) in [4.78, 5) is 2.46. The molecule has 0 amide bonds. The molecular weight excluding hydrogens is 919 g/mol. The van der Waals surface area contributed by atoms with Gasteiger partial charge in [0.1, 0.15) is 22.3 Å². The number of fused-ring (bicyclic) bond motifs is 22. The van der Waals surface area contributed by atoms with Crippen molar-refractivity contribution < 1.29 is 8.83 Å². The molecule has 74 heavy (non-hydrogen) atoms. The highest BCUT2D eigenvalue weighted by Crippen LogP contribution is 2.63. The van der Waals surface area contributed by atoms with Gasteiger partial charge in [-0.25, -0.2) is 0 Å². The predicted molar refractivity (Wildman–Crippen MR) is 308 cm³/mol. The Kier molecular flexibility index (Phi) is 7.89. The Labute approximate surface area is 430 Å². The minimum Gasteiger partial charge on any atom is -0.456 e. The van der Waals surface area contributed by atoms with E-state index in [0.717, 1.165) is 72.1 Å². The molecule has 3 aliphatic carbocycles. The van der Waals surface area contributed by atoms with Gasteiger partial charge < -0.3 is 13.7 Å². The topological polar surface area (TPSA) is 29.5 Å². The molecule has 0 saturated carbocycles. The van der Waals surface area contributed by atoms with E-state index < -0.39 is 5.41 Å². The Morgan fingerprint density at radius 1 is 0.378 bits per heavy atom. The lowest BCUT2D eigenvalue weighted by Crippen LogP contribution is -2.25. The molecule has 0 fully saturated rings. The Bertz CT molecular complexity index is 4730. The number of rotatable bonds is 4. The lowest BCUT2D eigenvalue weighted by Gasteiger charge is -2.30. The van der Waals surface area contributed by atoms with E-state index in [1.54, 1.807) is 0 Å². The van der Waals surface area contributed by atoms with Gasteiger partial charge in [0.05, 0.1) is 15.8 Å². The van der Waals surface area contributed by atoms with Crippen LogP contribution in [-0.2, 0) is 10.8 Å². The van der Waals surface area contributed by atoms with Crippen molar-refractivity contribution in [3.8, 4) is 44.5 Å². The van der Waals surface area contributed by atoms with E-state index in [1.165, 1.54) is 86.9 Å². The smallest absolute Gasteiger partial charge is 0.144 e. The fourth-order valence-electron chi connectivity index (χ4n) is 13.9. The highest BCUT2D eigenvalue weighted by Gasteiger charge is 2.51. The van der Waals surface area contributed by atoms with E-state index in [-0.39, 0.29) is 5.41 Å². The lowest BCUT2D eigenvalue weighted by molar-refractivity contribution is 0.660. The van der Waals surface area contributed by atoms with Gasteiger partial charge in [-0.05, 0) is 127 Å². The number of thiophene rings is 1. The summed E-state index contributed by atoms with van der Waals surface area (Å²) in [5.41, 5.74) is 23.8. The van der Waals surface area contributed by atoms with Gasteiger partial charge in [-0.2, -0.15) is 0 Å². The van der Waals surface area contributed by atoms with Crippen molar-refractivity contribution in [3.05, 3.63) is 258 Å². The van der Waals surface area contributed by atoms with Crippen LogP contribution in [0.15, 0.2) is 233 Å². The summed E-state index contributed by atoms with van der Waals surface area (Å²) in [6.07, 6.45) is 0. The second-order valence-corrected chi connectivity index (χ2v) is 22.1. The van der Waals surface area contributed by atoms with Crippen LogP contribution in [0.5, 0.6) is 0 Å². The molecule has 11 aromatic carbocycles. The summed E-state index contributed by atoms with van der Waals surface area (Å²) in [5, 5.41) is 6.73. The molecule has 1 spiro atoms. The number of hydrogen-bond donors (Lipinski definition) is 0. The van der Waals surface area contributed by atoms with Gasteiger partial charge in [0, 0.05) is 65.4 Å². The first-order chi connectivity index (χ1) is 36.4. The fourth-order valence-corrected chi connectivity index (χ4v) is 15.1. The minimum atomic E-state index is -0.486. The zero-order valence-corrected chi connectivity index (χ0v) is 41.4. The van der Waals surface area contributed by atoms with E-state index in [4.69, 9.17) is 8.83 Å². The van der Waals surface area contributed by atoms with E-state index >= 15 is 0 Å². The molecule has 0 aliphatic heterocycles. The number of hydrogen-bond acceptors (Lipinski definition) is 4. The van der Waals surface area contributed by atoms with Crippen molar-refractivity contribution in [2.45, 2.75) is 24.7 Å². The van der Waals surface area contributed by atoms with Crippen LogP contribution in [-0.4, -0.2) is 0 Å². The third kappa shape index (κ3) is 5.10. The van der Waals surface area contributed by atoms with Crippen LogP contribution >= 0.6 is 11.3 Å². The van der Waals surface area contributed by atoms with Gasteiger partial charge in [-0.1, -0.05) is 178 Å². The Morgan fingerprint density at radius 3 is 1.72 bits per heavy atom. The van der Waals surface area contributed by atoms with Crippen LogP contribution in [0.2, 0.25) is 0 Å². The molecule has 346 valence electrons. The van der Waals surface area contributed by atoms with Crippen molar-refractivity contribution in [2.24, 2.45) is 0 Å². The predicted octanol–water partition coefficient (Wildman–Crippen LogP) is 19.6. The maximum Gasteiger partial charge on any atom is 0.144 e.